The summed E-state index contributed by atoms with van der Waals surface area (Å²) in [5.41, 5.74) is 0.564. The summed E-state index contributed by atoms with van der Waals surface area (Å²) in [5.74, 6) is -0.527. The van der Waals surface area contributed by atoms with Crippen LogP contribution >= 0.6 is 0 Å². The highest BCUT2D eigenvalue weighted by Crippen LogP contribution is 2.31. The Balaban J connectivity index is 2.62. The van der Waals surface area contributed by atoms with Crippen molar-refractivity contribution >= 4 is 27.4 Å². The van der Waals surface area contributed by atoms with E-state index in [0.29, 0.717) is 5.57 Å². The molecule has 23 heavy (non-hydrogen) atoms. The highest BCUT2D eigenvalue weighted by molar-refractivity contribution is 7.88. The maximum Gasteiger partial charge on any atom is 0.534 e. The van der Waals surface area contributed by atoms with Crippen LogP contribution < -0.4 is 9.92 Å². The van der Waals surface area contributed by atoms with Gasteiger partial charge < -0.3 is 9.92 Å². The molecule has 2 aromatic rings. The van der Waals surface area contributed by atoms with Crippen molar-refractivity contribution in [2.75, 3.05) is 7.05 Å². The van der Waals surface area contributed by atoms with Gasteiger partial charge in [-0.25, -0.2) is 4.52 Å². The molecule has 11 heteroatoms. The number of rotatable bonds is 4. The van der Waals surface area contributed by atoms with E-state index in [-0.39, 0.29) is 11.1 Å². The number of hydrogen-bond acceptors (Lipinski definition) is 6. The zero-order valence-electron chi connectivity index (χ0n) is 11.6. The molecule has 7 nitrogen and oxygen atoms in total. The summed E-state index contributed by atoms with van der Waals surface area (Å²) in [4.78, 5) is 3.75. The van der Waals surface area contributed by atoms with E-state index in [1.165, 1.54) is 42.4 Å². The molecule has 0 saturated carbocycles. The highest BCUT2D eigenvalue weighted by Gasteiger charge is 2.48. The maximum atomic E-state index is 12.5. The zero-order chi connectivity index (χ0) is 17.3. The van der Waals surface area contributed by atoms with Crippen LogP contribution in [0.15, 0.2) is 35.7 Å². The predicted molar refractivity (Wildman–Crippen MR) is 77.4 cm³/mol. The monoisotopic (exact) mass is 348 g/mol. The lowest BCUT2D eigenvalue weighted by Crippen LogP contribution is -2.28. The van der Waals surface area contributed by atoms with Crippen molar-refractivity contribution in [3.8, 4) is 5.75 Å². The van der Waals surface area contributed by atoms with Crippen LogP contribution in [-0.2, 0) is 10.1 Å². The quantitative estimate of drug-likeness (QED) is 0.514. The van der Waals surface area contributed by atoms with Crippen molar-refractivity contribution in [1.82, 2.24) is 9.61 Å². The van der Waals surface area contributed by atoms with Gasteiger partial charge in [0, 0.05) is 36.8 Å². The number of nitrogens with two attached hydrogens (primary N) is 1. The van der Waals surface area contributed by atoms with E-state index in [1.807, 2.05) is 0 Å². The Morgan fingerprint density at radius 2 is 2.17 bits per heavy atom. The SMILES string of the molecule is CN=C/C(=C\N)c1cc(OS(=O)(=O)C(F)(F)F)c2ccnn2c1. The molecule has 0 bridgehead atoms. The minimum Gasteiger partial charge on any atom is -0.404 e. The lowest BCUT2D eigenvalue weighted by molar-refractivity contribution is -0.0499. The molecule has 0 aliphatic carbocycles. The summed E-state index contributed by atoms with van der Waals surface area (Å²) in [6, 6.07) is 2.42. The molecule has 2 heterocycles. The fourth-order valence-corrected chi connectivity index (χ4v) is 2.20. The van der Waals surface area contributed by atoms with Crippen molar-refractivity contribution in [2.45, 2.75) is 5.51 Å². The van der Waals surface area contributed by atoms with Crippen LogP contribution in [0, 0.1) is 0 Å². The van der Waals surface area contributed by atoms with Crippen LogP contribution in [0.25, 0.3) is 11.1 Å². The second kappa shape index (κ2) is 5.91. The number of pyridine rings is 1. The molecule has 0 atom stereocenters. The number of allylic oxidation sites excluding steroid dienone is 1. The normalized spacial score (nSPS) is 13.8. The Labute approximate surface area is 129 Å². The number of aliphatic imine (C=N–C) groups is 1. The van der Waals surface area contributed by atoms with Gasteiger partial charge in [-0.3, -0.25) is 4.99 Å². The van der Waals surface area contributed by atoms with Crippen molar-refractivity contribution < 1.29 is 25.8 Å². The number of nitrogens with zero attached hydrogens (tertiary/aromatic N) is 3. The molecule has 0 fully saturated rings. The first-order valence-corrected chi connectivity index (χ1v) is 7.43. The molecule has 2 aromatic heterocycles. The minimum atomic E-state index is -5.81. The van der Waals surface area contributed by atoms with Crippen molar-refractivity contribution in [3.05, 3.63) is 36.3 Å². The van der Waals surface area contributed by atoms with Gasteiger partial charge in [-0.15, -0.1) is 0 Å². The number of halogens is 3. The smallest absolute Gasteiger partial charge is 0.404 e. The highest BCUT2D eigenvalue weighted by atomic mass is 32.2. The molecule has 0 aromatic carbocycles. The van der Waals surface area contributed by atoms with E-state index in [2.05, 4.69) is 14.3 Å². The molecule has 2 N–H and O–H groups in total. The lowest BCUT2D eigenvalue weighted by Gasteiger charge is -2.12. The van der Waals surface area contributed by atoms with E-state index in [0.717, 1.165) is 6.07 Å². The molecule has 2 rings (SSSR count). The van der Waals surface area contributed by atoms with Crippen molar-refractivity contribution in [1.29, 1.82) is 0 Å². The average molecular weight is 348 g/mol. The van der Waals surface area contributed by atoms with Crippen LogP contribution in [0.1, 0.15) is 5.56 Å². The third-order valence-corrected chi connectivity index (χ3v) is 3.70. The first-order valence-electron chi connectivity index (χ1n) is 6.02. The maximum absolute atomic E-state index is 12.5. The Bertz CT molecular complexity index is 885. The zero-order valence-corrected chi connectivity index (χ0v) is 12.5. The number of aromatic nitrogens is 2. The molecule has 0 aliphatic rings. The number of alkyl halides is 3. The Morgan fingerprint density at radius 3 is 2.74 bits per heavy atom. The summed E-state index contributed by atoms with van der Waals surface area (Å²) in [6.45, 7) is 0. The summed E-state index contributed by atoms with van der Waals surface area (Å²) in [7, 11) is -4.33. The summed E-state index contributed by atoms with van der Waals surface area (Å²) < 4.78 is 65.3. The van der Waals surface area contributed by atoms with Crippen LogP contribution in [0.2, 0.25) is 0 Å². The van der Waals surface area contributed by atoms with Gasteiger partial charge in [-0.2, -0.15) is 26.7 Å². The largest absolute Gasteiger partial charge is 0.534 e. The average Bonchev–Trinajstić information content (AvgIpc) is 2.91. The van der Waals surface area contributed by atoms with E-state index >= 15 is 0 Å². The number of fused-ring (bicyclic) bond motifs is 1. The molecular formula is C12H11F3N4O3S. The lowest BCUT2D eigenvalue weighted by atomic mass is 10.1. The van der Waals surface area contributed by atoms with Crippen LogP contribution in [0.4, 0.5) is 13.2 Å². The van der Waals surface area contributed by atoms with Gasteiger partial charge >= 0.3 is 15.6 Å². The minimum absolute atomic E-state index is 0.0476. The van der Waals surface area contributed by atoms with Gasteiger partial charge in [0.15, 0.2) is 5.75 Å². The van der Waals surface area contributed by atoms with Gasteiger partial charge in [-0.05, 0) is 12.1 Å². The molecule has 0 amide bonds. The fraction of sp³-hybridized carbons (Fsp3) is 0.167. The van der Waals surface area contributed by atoms with Gasteiger partial charge in [0.2, 0.25) is 0 Å². The molecular weight excluding hydrogens is 337 g/mol. The Hall–Kier alpha value is -2.56. The van der Waals surface area contributed by atoms with E-state index in [1.54, 1.807) is 0 Å². The topological polar surface area (TPSA) is 99.0 Å². The second-order valence-corrected chi connectivity index (χ2v) is 5.78. The summed E-state index contributed by atoms with van der Waals surface area (Å²) >= 11 is 0. The van der Waals surface area contributed by atoms with Gasteiger partial charge in [-0.1, -0.05) is 0 Å². The molecule has 0 saturated heterocycles. The van der Waals surface area contributed by atoms with Crippen LogP contribution in [-0.4, -0.2) is 36.8 Å². The summed E-state index contributed by atoms with van der Waals surface area (Å²) in [6.07, 6.45) is 5.25. The first kappa shape index (κ1) is 16.8. The first-order chi connectivity index (χ1) is 10.7. The molecule has 0 unspecified atom stereocenters. The van der Waals surface area contributed by atoms with Gasteiger partial charge in [0.05, 0.1) is 6.20 Å². The van der Waals surface area contributed by atoms with E-state index < -0.39 is 21.4 Å². The second-order valence-electron chi connectivity index (χ2n) is 4.25. The molecule has 124 valence electrons. The van der Waals surface area contributed by atoms with E-state index in [9.17, 15) is 21.6 Å². The molecule has 0 spiro atoms. The molecule has 0 aliphatic heterocycles. The fourth-order valence-electron chi connectivity index (χ4n) is 1.74. The standard InChI is InChI=1S/C12H11F3N4O3S/c1-17-6-9(5-16)8-4-11(10-2-3-18-19(10)7-8)22-23(20,21)12(13,14)15/h2-7H,16H2,1H3/b9-5+,17-6?. The third kappa shape index (κ3) is 3.28. The van der Waals surface area contributed by atoms with Crippen LogP contribution in [0.3, 0.4) is 0 Å². The predicted octanol–water partition coefficient (Wildman–Crippen LogP) is 1.56. The van der Waals surface area contributed by atoms with Crippen molar-refractivity contribution in [2.24, 2.45) is 10.7 Å². The Kier molecular flexibility index (Phi) is 4.32. The van der Waals surface area contributed by atoms with Gasteiger partial charge in [0.25, 0.3) is 0 Å². The van der Waals surface area contributed by atoms with Crippen LogP contribution in [0.5, 0.6) is 5.75 Å². The number of hydrogen-bond donors (Lipinski definition) is 1. The third-order valence-electron chi connectivity index (χ3n) is 2.73. The van der Waals surface area contributed by atoms with Gasteiger partial charge in [0.1, 0.15) is 5.52 Å². The van der Waals surface area contributed by atoms with E-state index in [4.69, 9.17) is 5.73 Å². The Morgan fingerprint density at radius 1 is 1.48 bits per heavy atom. The van der Waals surface area contributed by atoms with Crippen molar-refractivity contribution in [3.63, 3.8) is 0 Å². The molecule has 0 radical (unpaired) electrons. The summed E-state index contributed by atoms with van der Waals surface area (Å²) in [5, 5.41) is 3.86.